The van der Waals surface area contributed by atoms with Gasteiger partial charge in [-0.2, -0.15) is 0 Å². The van der Waals surface area contributed by atoms with Crippen molar-refractivity contribution >= 4 is 5.97 Å². The van der Waals surface area contributed by atoms with Gasteiger partial charge in [0.1, 0.15) is 0 Å². The highest BCUT2D eigenvalue weighted by Gasteiger charge is 2.23. The minimum Gasteiger partial charge on any atom is -0.441 e. The Morgan fingerprint density at radius 1 is 1.22 bits per heavy atom. The summed E-state index contributed by atoms with van der Waals surface area (Å²) in [5, 5.41) is 3.03. The van der Waals surface area contributed by atoms with Crippen molar-refractivity contribution in [2.45, 2.75) is 45.3 Å². The number of nitrogens with one attached hydrogen (secondary N) is 1. The van der Waals surface area contributed by atoms with Gasteiger partial charge in [0, 0.05) is 5.56 Å². The fraction of sp³-hybridized carbons (Fsp3) is 0.533. The number of unbranched alkanes of at least 4 members (excludes halogenated alkanes) is 3. The van der Waals surface area contributed by atoms with Crippen LogP contribution in [0.1, 0.15) is 50.0 Å². The van der Waals surface area contributed by atoms with Gasteiger partial charge < -0.3 is 4.74 Å². The molecule has 0 spiro atoms. The predicted octanol–water partition coefficient (Wildman–Crippen LogP) is 2.95. The predicted molar refractivity (Wildman–Crippen MR) is 71.1 cm³/mol. The molecule has 2 rings (SSSR count). The van der Waals surface area contributed by atoms with E-state index in [1.807, 2.05) is 12.1 Å². The topological polar surface area (TPSA) is 38.3 Å². The summed E-state index contributed by atoms with van der Waals surface area (Å²) in [5.74, 6) is -0.177. The minimum atomic E-state index is -0.258. The van der Waals surface area contributed by atoms with Gasteiger partial charge in [0.2, 0.25) is 0 Å². The normalized spacial score (nSPS) is 18.9. The molecule has 1 saturated heterocycles. The van der Waals surface area contributed by atoms with E-state index in [-0.39, 0.29) is 12.2 Å². The monoisotopic (exact) mass is 247 g/mol. The SMILES string of the molecule is CCCCCCc1ccc(C2NCC(=O)O2)cc1. The maximum atomic E-state index is 11.0. The molecular formula is C15H21NO2. The van der Waals surface area contributed by atoms with Gasteiger partial charge in [0.05, 0.1) is 6.54 Å². The van der Waals surface area contributed by atoms with Gasteiger partial charge in [-0.25, -0.2) is 0 Å². The Labute approximate surface area is 109 Å². The van der Waals surface area contributed by atoms with Crippen LogP contribution >= 0.6 is 0 Å². The average Bonchev–Trinajstić information content (AvgIpc) is 2.82. The van der Waals surface area contributed by atoms with Crippen molar-refractivity contribution in [2.75, 3.05) is 6.54 Å². The molecule has 0 bridgehead atoms. The molecule has 18 heavy (non-hydrogen) atoms. The maximum Gasteiger partial charge on any atom is 0.321 e. The molecule has 0 aliphatic carbocycles. The van der Waals surface area contributed by atoms with E-state index in [0.717, 1.165) is 12.0 Å². The van der Waals surface area contributed by atoms with Gasteiger partial charge in [-0.05, 0) is 18.4 Å². The van der Waals surface area contributed by atoms with Crippen LogP contribution in [-0.4, -0.2) is 12.5 Å². The highest BCUT2D eigenvalue weighted by molar-refractivity contribution is 5.73. The Balaban J connectivity index is 1.83. The Morgan fingerprint density at radius 2 is 2.00 bits per heavy atom. The summed E-state index contributed by atoms with van der Waals surface area (Å²) in [6, 6.07) is 8.36. The van der Waals surface area contributed by atoms with E-state index in [9.17, 15) is 4.79 Å². The zero-order valence-corrected chi connectivity index (χ0v) is 10.9. The molecule has 1 N–H and O–H groups in total. The molecule has 0 amide bonds. The molecular weight excluding hydrogens is 226 g/mol. The Bertz CT molecular complexity index is 386. The van der Waals surface area contributed by atoms with Crippen LogP contribution in [0.5, 0.6) is 0 Å². The van der Waals surface area contributed by atoms with Gasteiger partial charge in [-0.3, -0.25) is 10.1 Å². The quantitative estimate of drug-likeness (QED) is 0.620. The summed E-state index contributed by atoms with van der Waals surface area (Å²) in [6.45, 7) is 2.54. The first-order valence-electron chi connectivity index (χ1n) is 6.81. The van der Waals surface area contributed by atoms with Crippen LogP contribution in [0.4, 0.5) is 0 Å². The van der Waals surface area contributed by atoms with Crippen molar-refractivity contribution in [3.8, 4) is 0 Å². The molecule has 1 aliphatic rings. The highest BCUT2D eigenvalue weighted by Crippen LogP contribution is 2.19. The van der Waals surface area contributed by atoms with Crippen LogP contribution in [0, 0.1) is 0 Å². The fourth-order valence-corrected chi connectivity index (χ4v) is 2.19. The van der Waals surface area contributed by atoms with E-state index in [0.29, 0.717) is 6.54 Å². The average molecular weight is 247 g/mol. The Morgan fingerprint density at radius 3 is 2.61 bits per heavy atom. The number of benzene rings is 1. The molecule has 0 saturated carbocycles. The third kappa shape index (κ3) is 3.57. The van der Waals surface area contributed by atoms with E-state index >= 15 is 0 Å². The molecule has 1 aromatic rings. The largest absolute Gasteiger partial charge is 0.441 e. The van der Waals surface area contributed by atoms with Crippen molar-refractivity contribution in [3.05, 3.63) is 35.4 Å². The number of carbonyl (C=O) groups excluding carboxylic acids is 1. The van der Waals surface area contributed by atoms with E-state index in [2.05, 4.69) is 24.4 Å². The van der Waals surface area contributed by atoms with Gasteiger partial charge in [0.15, 0.2) is 6.23 Å². The van der Waals surface area contributed by atoms with Crippen LogP contribution < -0.4 is 5.32 Å². The molecule has 1 unspecified atom stereocenters. The lowest BCUT2D eigenvalue weighted by Crippen LogP contribution is -2.13. The van der Waals surface area contributed by atoms with Crippen LogP contribution in [0.3, 0.4) is 0 Å². The number of ether oxygens (including phenoxy) is 1. The lowest BCUT2D eigenvalue weighted by Gasteiger charge is -2.10. The van der Waals surface area contributed by atoms with E-state index in [1.165, 1.54) is 31.2 Å². The summed E-state index contributed by atoms with van der Waals surface area (Å²) < 4.78 is 5.15. The first kappa shape index (κ1) is 13.1. The Hall–Kier alpha value is -1.35. The lowest BCUT2D eigenvalue weighted by molar-refractivity contribution is -0.140. The van der Waals surface area contributed by atoms with Gasteiger partial charge in [-0.1, -0.05) is 50.5 Å². The Kier molecular flexibility index (Phi) is 4.76. The second-order valence-corrected chi connectivity index (χ2v) is 4.80. The van der Waals surface area contributed by atoms with Gasteiger partial charge in [-0.15, -0.1) is 0 Å². The lowest BCUT2D eigenvalue weighted by atomic mass is 10.0. The third-order valence-corrected chi connectivity index (χ3v) is 3.28. The standard InChI is InChI=1S/C15H21NO2/c1-2-3-4-5-6-12-7-9-13(10-8-12)15-16-11-14(17)18-15/h7-10,15-16H,2-6,11H2,1H3. The zero-order valence-electron chi connectivity index (χ0n) is 10.9. The van der Waals surface area contributed by atoms with E-state index in [4.69, 9.17) is 4.74 Å². The van der Waals surface area contributed by atoms with E-state index in [1.54, 1.807) is 0 Å². The number of rotatable bonds is 6. The van der Waals surface area contributed by atoms with Crippen LogP contribution in [0.15, 0.2) is 24.3 Å². The summed E-state index contributed by atoms with van der Waals surface area (Å²) >= 11 is 0. The molecule has 1 aliphatic heterocycles. The minimum absolute atomic E-state index is 0.177. The van der Waals surface area contributed by atoms with Crippen LogP contribution in [0.25, 0.3) is 0 Å². The van der Waals surface area contributed by atoms with Crippen molar-refractivity contribution in [1.82, 2.24) is 5.32 Å². The van der Waals surface area contributed by atoms with Crippen molar-refractivity contribution < 1.29 is 9.53 Å². The molecule has 3 heteroatoms. The number of cyclic esters (lactones) is 1. The second-order valence-electron chi connectivity index (χ2n) is 4.80. The molecule has 3 nitrogen and oxygen atoms in total. The summed E-state index contributed by atoms with van der Waals surface area (Å²) in [5.41, 5.74) is 2.39. The third-order valence-electron chi connectivity index (χ3n) is 3.28. The van der Waals surface area contributed by atoms with Crippen molar-refractivity contribution in [1.29, 1.82) is 0 Å². The summed E-state index contributed by atoms with van der Waals surface area (Å²) in [7, 11) is 0. The molecule has 1 atom stereocenters. The molecule has 1 aromatic carbocycles. The molecule has 1 heterocycles. The molecule has 0 aromatic heterocycles. The number of hydrogen-bond acceptors (Lipinski definition) is 3. The first-order valence-corrected chi connectivity index (χ1v) is 6.81. The van der Waals surface area contributed by atoms with Crippen LogP contribution in [-0.2, 0) is 16.0 Å². The highest BCUT2D eigenvalue weighted by atomic mass is 16.6. The maximum absolute atomic E-state index is 11.0. The van der Waals surface area contributed by atoms with Crippen LogP contribution in [0.2, 0.25) is 0 Å². The smallest absolute Gasteiger partial charge is 0.321 e. The molecule has 98 valence electrons. The summed E-state index contributed by atoms with van der Waals surface area (Å²) in [4.78, 5) is 11.0. The number of esters is 1. The number of carbonyl (C=O) groups is 1. The molecule has 0 radical (unpaired) electrons. The van der Waals surface area contributed by atoms with Gasteiger partial charge in [0.25, 0.3) is 0 Å². The summed E-state index contributed by atoms with van der Waals surface area (Å²) in [6.07, 6.45) is 6.03. The van der Waals surface area contributed by atoms with Gasteiger partial charge >= 0.3 is 5.97 Å². The van der Waals surface area contributed by atoms with Crippen molar-refractivity contribution in [3.63, 3.8) is 0 Å². The van der Waals surface area contributed by atoms with E-state index < -0.39 is 0 Å². The number of hydrogen-bond donors (Lipinski definition) is 1. The fourth-order valence-electron chi connectivity index (χ4n) is 2.19. The first-order chi connectivity index (χ1) is 8.79. The zero-order chi connectivity index (χ0) is 12.8. The second kappa shape index (κ2) is 6.55. The molecule has 1 fully saturated rings. The van der Waals surface area contributed by atoms with Crippen molar-refractivity contribution in [2.24, 2.45) is 0 Å². The number of aryl methyl sites for hydroxylation is 1.